The van der Waals surface area contributed by atoms with Crippen molar-refractivity contribution in [1.82, 2.24) is 9.78 Å². The molecule has 27 heavy (non-hydrogen) atoms. The first-order chi connectivity index (χ1) is 13.1. The van der Waals surface area contributed by atoms with Crippen LogP contribution in [0.25, 0.3) is 0 Å². The minimum Gasteiger partial charge on any atom is -0.312 e. The third-order valence-electron chi connectivity index (χ3n) is 4.67. The van der Waals surface area contributed by atoms with Gasteiger partial charge >= 0.3 is 0 Å². The van der Waals surface area contributed by atoms with Crippen molar-refractivity contribution >= 4 is 33.8 Å². The highest BCUT2D eigenvalue weighted by molar-refractivity contribution is 7.16. The monoisotopic (exact) mass is 396 g/mol. The van der Waals surface area contributed by atoms with E-state index in [0.29, 0.717) is 27.7 Å². The Kier molecular flexibility index (Phi) is 4.97. The molecule has 0 saturated heterocycles. The predicted octanol–water partition coefficient (Wildman–Crippen LogP) is 4.65. The van der Waals surface area contributed by atoms with E-state index < -0.39 is 0 Å². The van der Waals surface area contributed by atoms with Crippen LogP contribution < -0.4 is 5.32 Å². The maximum Gasteiger partial charge on any atom is 0.256 e. The van der Waals surface area contributed by atoms with Crippen molar-refractivity contribution in [3.8, 4) is 6.07 Å². The standard InChI is InChI=1S/C20H17ClN4OS/c21-15-10-23-25(12-15)11-13-5-7-14(8-6-13)19(26)24-20-17(9-22)16-3-1-2-4-18(16)27-20/h5-8,10,12H,1-4,11H2,(H,24,26). The lowest BCUT2D eigenvalue weighted by Gasteiger charge is -2.09. The molecule has 0 radical (unpaired) electrons. The lowest BCUT2D eigenvalue weighted by Crippen LogP contribution is -2.12. The van der Waals surface area contributed by atoms with E-state index in [2.05, 4.69) is 16.5 Å². The third-order valence-corrected chi connectivity index (χ3v) is 6.08. The molecular weight excluding hydrogens is 380 g/mol. The van der Waals surface area contributed by atoms with Gasteiger partial charge in [0, 0.05) is 16.6 Å². The summed E-state index contributed by atoms with van der Waals surface area (Å²) in [6.45, 7) is 0.588. The normalized spacial score (nSPS) is 13.0. The molecule has 136 valence electrons. The molecule has 0 fully saturated rings. The van der Waals surface area contributed by atoms with Gasteiger partial charge in [-0.3, -0.25) is 9.48 Å². The minimum atomic E-state index is -0.196. The summed E-state index contributed by atoms with van der Waals surface area (Å²) in [5.74, 6) is -0.196. The van der Waals surface area contributed by atoms with Crippen LogP contribution in [0.15, 0.2) is 36.7 Å². The SMILES string of the molecule is N#Cc1c(NC(=O)c2ccc(Cn3cc(Cl)cn3)cc2)sc2c1CCCC2. The molecular formula is C20H17ClN4OS. The molecule has 0 aliphatic heterocycles. The van der Waals surface area contributed by atoms with Crippen molar-refractivity contribution in [3.63, 3.8) is 0 Å². The molecule has 5 nitrogen and oxygen atoms in total. The number of carbonyl (C=O) groups excluding carboxylic acids is 1. The number of nitrogens with one attached hydrogen (secondary N) is 1. The largest absolute Gasteiger partial charge is 0.312 e. The molecule has 1 N–H and O–H groups in total. The highest BCUT2D eigenvalue weighted by Crippen LogP contribution is 2.37. The minimum absolute atomic E-state index is 0.196. The number of halogens is 1. The van der Waals surface area contributed by atoms with Crippen LogP contribution in [-0.4, -0.2) is 15.7 Å². The lowest BCUT2D eigenvalue weighted by atomic mass is 9.96. The van der Waals surface area contributed by atoms with Crippen LogP contribution >= 0.6 is 22.9 Å². The van der Waals surface area contributed by atoms with Crippen LogP contribution in [0.2, 0.25) is 5.02 Å². The maximum absolute atomic E-state index is 12.6. The van der Waals surface area contributed by atoms with Gasteiger partial charge in [0.2, 0.25) is 0 Å². The first kappa shape index (κ1) is 17.8. The van der Waals surface area contributed by atoms with Crippen molar-refractivity contribution in [2.24, 2.45) is 0 Å². The molecule has 0 spiro atoms. The molecule has 0 bridgehead atoms. The second kappa shape index (κ2) is 7.55. The molecule has 4 rings (SSSR count). The van der Waals surface area contributed by atoms with Gasteiger partial charge in [0.15, 0.2) is 0 Å². The topological polar surface area (TPSA) is 70.7 Å². The Morgan fingerprint density at radius 2 is 2.07 bits per heavy atom. The van der Waals surface area contributed by atoms with Gasteiger partial charge in [0.1, 0.15) is 11.1 Å². The molecule has 1 amide bonds. The highest BCUT2D eigenvalue weighted by Gasteiger charge is 2.22. The van der Waals surface area contributed by atoms with E-state index in [1.165, 1.54) is 16.2 Å². The number of nitrogens with zero attached hydrogens (tertiary/aromatic N) is 3. The number of thiophene rings is 1. The van der Waals surface area contributed by atoms with Gasteiger partial charge in [-0.1, -0.05) is 23.7 Å². The smallest absolute Gasteiger partial charge is 0.256 e. The van der Waals surface area contributed by atoms with Gasteiger partial charge in [0.25, 0.3) is 5.91 Å². The van der Waals surface area contributed by atoms with E-state index >= 15 is 0 Å². The number of carbonyl (C=O) groups is 1. The Labute approximate surface area is 166 Å². The number of benzene rings is 1. The van der Waals surface area contributed by atoms with E-state index in [1.54, 1.807) is 29.2 Å². The molecule has 2 heterocycles. The first-order valence-electron chi connectivity index (χ1n) is 8.77. The van der Waals surface area contributed by atoms with Gasteiger partial charge in [0.05, 0.1) is 23.3 Å². The Balaban J connectivity index is 1.49. The van der Waals surface area contributed by atoms with Crippen LogP contribution in [0.5, 0.6) is 0 Å². The fourth-order valence-electron chi connectivity index (χ4n) is 3.32. The second-order valence-electron chi connectivity index (χ2n) is 6.53. The fourth-order valence-corrected chi connectivity index (χ4v) is 4.71. The van der Waals surface area contributed by atoms with E-state index in [9.17, 15) is 10.1 Å². The molecule has 1 aliphatic carbocycles. The van der Waals surface area contributed by atoms with Gasteiger partial charge in [-0.15, -0.1) is 11.3 Å². The molecule has 2 aromatic heterocycles. The van der Waals surface area contributed by atoms with Gasteiger partial charge in [-0.25, -0.2) is 0 Å². The van der Waals surface area contributed by atoms with Crippen molar-refractivity contribution in [2.45, 2.75) is 32.2 Å². The zero-order valence-electron chi connectivity index (χ0n) is 14.5. The average Bonchev–Trinajstić information content (AvgIpc) is 3.24. The molecule has 3 aromatic rings. The number of aryl methyl sites for hydroxylation is 1. The fraction of sp³-hybridized carbons (Fsp3) is 0.250. The zero-order valence-corrected chi connectivity index (χ0v) is 16.1. The summed E-state index contributed by atoms with van der Waals surface area (Å²) in [7, 11) is 0. The summed E-state index contributed by atoms with van der Waals surface area (Å²) in [4.78, 5) is 13.9. The number of hydrogen-bond acceptors (Lipinski definition) is 4. The molecule has 0 unspecified atom stereocenters. The summed E-state index contributed by atoms with van der Waals surface area (Å²) in [5.41, 5.74) is 3.34. The van der Waals surface area contributed by atoms with Gasteiger partial charge < -0.3 is 5.32 Å². The van der Waals surface area contributed by atoms with Crippen molar-refractivity contribution in [2.75, 3.05) is 5.32 Å². The molecule has 0 saturated carbocycles. The summed E-state index contributed by atoms with van der Waals surface area (Å²) >= 11 is 7.41. The summed E-state index contributed by atoms with van der Waals surface area (Å²) in [6, 6.07) is 9.64. The van der Waals surface area contributed by atoms with Crippen LogP contribution in [0.3, 0.4) is 0 Å². The number of nitriles is 1. The van der Waals surface area contributed by atoms with Crippen molar-refractivity contribution in [3.05, 3.63) is 68.8 Å². The molecule has 0 atom stereocenters. The number of anilines is 1. The molecule has 7 heteroatoms. The summed E-state index contributed by atoms with van der Waals surface area (Å²) in [5, 5.41) is 17.9. The number of rotatable bonds is 4. The second-order valence-corrected chi connectivity index (χ2v) is 8.08. The number of fused-ring (bicyclic) bond motifs is 1. The summed E-state index contributed by atoms with van der Waals surface area (Å²) in [6.07, 6.45) is 7.53. The van der Waals surface area contributed by atoms with E-state index in [1.807, 2.05) is 12.1 Å². The number of amides is 1. The van der Waals surface area contributed by atoms with Crippen molar-refractivity contribution in [1.29, 1.82) is 5.26 Å². The zero-order chi connectivity index (χ0) is 18.8. The van der Waals surface area contributed by atoms with Crippen LogP contribution in [0, 0.1) is 11.3 Å². The summed E-state index contributed by atoms with van der Waals surface area (Å²) < 4.78 is 1.74. The Morgan fingerprint density at radius 3 is 2.78 bits per heavy atom. The molecule has 1 aromatic carbocycles. The van der Waals surface area contributed by atoms with Gasteiger partial charge in [-0.05, 0) is 48.9 Å². The van der Waals surface area contributed by atoms with Crippen LogP contribution in [-0.2, 0) is 19.4 Å². The Morgan fingerprint density at radius 1 is 1.30 bits per heavy atom. The van der Waals surface area contributed by atoms with Crippen LogP contribution in [0.4, 0.5) is 5.00 Å². The average molecular weight is 397 g/mol. The Hall–Kier alpha value is -2.62. The molecule has 1 aliphatic rings. The van der Waals surface area contributed by atoms with E-state index in [-0.39, 0.29) is 5.91 Å². The Bertz CT molecular complexity index is 1030. The van der Waals surface area contributed by atoms with Crippen molar-refractivity contribution < 1.29 is 4.79 Å². The predicted molar refractivity (Wildman–Crippen MR) is 106 cm³/mol. The third kappa shape index (κ3) is 3.75. The van der Waals surface area contributed by atoms with E-state index in [0.717, 1.165) is 36.8 Å². The quantitative estimate of drug-likeness (QED) is 0.697. The first-order valence-corrected chi connectivity index (χ1v) is 9.96. The van der Waals surface area contributed by atoms with Gasteiger partial charge in [-0.2, -0.15) is 10.4 Å². The number of hydrogen-bond donors (Lipinski definition) is 1. The highest BCUT2D eigenvalue weighted by atomic mass is 35.5. The maximum atomic E-state index is 12.6. The lowest BCUT2D eigenvalue weighted by molar-refractivity contribution is 0.102. The van der Waals surface area contributed by atoms with E-state index in [4.69, 9.17) is 11.6 Å². The number of aromatic nitrogens is 2. The van der Waals surface area contributed by atoms with Crippen LogP contribution in [0.1, 0.15) is 44.8 Å².